The van der Waals surface area contributed by atoms with Gasteiger partial charge in [0.1, 0.15) is 13.2 Å². The van der Waals surface area contributed by atoms with E-state index < -0.39 is 19.4 Å². The Morgan fingerprint density at radius 3 is 2.57 bits per heavy atom. The van der Waals surface area contributed by atoms with Crippen LogP contribution in [0.3, 0.4) is 0 Å². The van der Waals surface area contributed by atoms with E-state index >= 15 is 0 Å². The fourth-order valence-electron chi connectivity index (χ4n) is 2.27. The Hall–Kier alpha value is -0.860. The molecule has 1 amide bonds. The average molecular weight is 311 g/mol. The summed E-state index contributed by atoms with van der Waals surface area (Å²) in [5.41, 5.74) is 5.45. The molecule has 1 rings (SSSR count). The van der Waals surface area contributed by atoms with Gasteiger partial charge >= 0.3 is 6.18 Å². The fourth-order valence-corrected chi connectivity index (χ4v) is 2.27. The first kappa shape index (κ1) is 18.2. The molecule has 0 saturated carbocycles. The van der Waals surface area contributed by atoms with Crippen LogP contribution >= 0.6 is 0 Å². The predicted octanol–water partition coefficient (Wildman–Crippen LogP) is 0.838. The summed E-state index contributed by atoms with van der Waals surface area (Å²) in [6.07, 6.45) is -1.56. The minimum Gasteiger partial charge on any atom is -0.362 e. The zero-order valence-corrected chi connectivity index (χ0v) is 12.2. The molecule has 124 valence electrons. The van der Waals surface area contributed by atoms with E-state index in [9.17, 15) is 18.0 Å². The van der Waals surface area contributed by atoms with Crippen molar-refractivity contribution in [2.24, 2.45) is 5.73 Å². The van der Waals surface area contributed by atoms with E-state index in [1.54, 1.807) is 4.90 Å². The topological polar surface area (TPSA) is 58.8 Å². The number of halogens is 3. The first-order valence-corrected chi connectivity index (χ1v) is 7.27. The molecule has 1 aliphatic heterocycles. The maximum absolute atomic E-state index is 11.9. The van der Waals surface area contributed by atoms with E-state index in [1.165, 1.54) is 0 Å². The summed E-state index contributed by atoms with van der Waals surface area (Å²) in [6, 6.07) is 0. The SMILES string of the molecule is NCCCCN1CCCN(C(=O)COCC(F)(F)F)CC1. The van der Waals surface area contributed by atoms with Crippen LogP contribution in [0.5, 0.6) is 0 Å². The molecule has 0 aromatic carbocycles. The number of carbonyl (C=O) groups is 1. The molecule has 0 aromatic rings. The lowest BCUT2D eigenvalue weighted by molar-refractivity contribution is -0.177. The van der Waals surface area contributed by atoms with E-state index in [0.29, 0.717) is 19.6 Å². The third-order valence-electron chi connectivity index (χ3n) is 3.36. The molecular formula is C13H24F3N3O2. The van der Waals surface area contributed by atoms with Crippen LogP contribution in [0.4, 0.5) is 13.2 Å². The van der Waals surface area contributed by atoms with E-state index in [-0.39, 0.29) is 5.91 Å². The molecule has 1 fully saturated rings. The van der Waals surface area contributed by atoms with Crippen LogP contribution in [-0.2, 0) is 9.53 Å². The molecule has 0 unspecified atom stereocenters. The largest absolute Gasteiger partial charge is 0.411 e. The summed E-state index contributed by atoms with van der Waals surface area (Å²) in [6.45, 7) is 2.50. The van der Waals surface area contributed by atoms with Crippen LogP contribution in [0.2, 0.25) is 0 Å². The smallest absolute Gasteiger partial charge is 0.362 e. The molecular weight excluding hydrogens is 287 g/mol. The molecule has 0 atom stereocenters. The Kier molecular flexibility index (Phi) is 7.98. The number of amides is 1. The van der Waals surface area contributed by atoms with E-state index in [4.69, 9.17) is 5.73 Å². The van der Waals surface area contributed by atoms with Gasteiger partial charge in [-0.15, -0.1) is 0 Å². The molecule has 2 N–H and O–H groups in total. The van der Waals surface area contributed by atoms with Gasteiger partial charge in [0.25, 0.3) is 0 Å². The lowest BCUT2D eigenvalue weighted by Gasteiger charge is -2.22. The Labute approximate surface area is 123 Å². The van der Waals surface area contributed by atoms with E-state index in [1.807, 2.05) is 0 Å². The monoisotopic (exact) mass is 311 g/mol. The number of alkyl halides is 3. The quantitative estimate of drug-likeness (QED) is 0.708. The number of rotatable bonds is 7. The number of carbonyl (C=O) groups excluding carboxylic acids is 1. The zero-order valence-electron chi connectivity index (χ0n) is 12.2. The van der Waals surface area contributed by atoms with E-state index in [0.717, 1.165) is 38.9 Å². The van der Waals surface area contributed by atoms with Gasteiger partial charge in [-0.25, -0.2) is 0 Å². The molecule has 1 heterocycles. The Morgan fingerprint density at radius 1 is 1.14 bits per heavy atom. The standard InChI is InChI=1S/C13H24F3N3O2/c14-13(15,16)11-21-10-12(20)19-7-3-6-18(8-9-19)5-2-1-4-17/h1-11,17H2. The highest BCUT2D eigenvalue weighted by Gasteiger charge is 2.28. The Balaban J connectivity index is 2.25. The van der Waals surface area contributed by atoms with Crippen molar-refractivity contribution in [3.8, 4) is 0 Å². The second-order valence-electron chi connectivity index (χ2n) is 5.18. The minimum absolute atomic E-state index is 0.372. The lowest BCUT2D eigenvalue weighted by Crippen LogP contribution is -2.38. The number of ether oxygens (including phenoxy) is 1. The Morgan fingerprint density at radius 2 is 1.90 bits per heavy atom. The number of hydrogen-bond donors (Lipinski definition) is 1. The van der Waals surface area contributed by atoms with E-state index in [2.05, 4.69) is 9.64 Å². The van der Waals surface area contributed by atoms with Crippen molar-refractivity contribution in [1.29, 1.82) is 0 Å². The van der Waals surface area contributed by atoms with Crippen molar-refractivity contribution in [1.82, 2.24) is 9.80 Å². The fraction of sp³-hybridized carbons (Fsp3) is 0.923. The van der Waals surface area contributed by atoms with Gasteiger partial charge in [-0.2, -0.15) is 13.2 Å². The number of nitrogens with zero attached hydrogens (tertiary/aromatic N) is 2. The van der Waals surface area contributed by atoms with Gasteiger partial charge in [-0.1, -0.05) is 0 Å². The van der Waals surface area contributed by atoms with Crippen molar-refractivity contribution in [2.75, 3.05) is 52.5 Å². The second kappa shape index (κ2) is 9.22. The van der Waals surface area contributed by atoms with Crippen molar-refractivity contribution in [3.63, 3.8) is 0 Å². The van der Waals surface area contributed by atoms with Crippen LogP contribution in [0, 0.1) is 0 Å². The molecule has 0 aromatic heterocycles. The third-order valence-corrected chi connectivity index (χ3v) is 3.36. The normalized spacial score (nSPS) is 17.8. The molecule has 1 saturated heterocycles. The van der Waals surface area contributed by atoms with Crippen LogP contribution in [0.15, 0.2) is 0 Å². The van der Waals surface area contributed by atoms with Gasteiger partial charge < -0.3 is 20.3 Å². The highest BCUT2D eigenvalue weighted by atomic mass is 19.4. The van der Waals surface area contributed by atoms with Gasteiger partial charge in [0.2, 0.25) is 5.91 Å². The summed E-state index contributed by atoms with van der Waals surface area (Å²) >= 11 is 0. The van der Waals surface area contributed by atoms with Crippen LogP contribution in [0.25, 0.3) is 0 Å². The number of nitrogens with two attached hydrogens (primary N) is 1. The molecule has 0 spiro atoms. The zero-order chi connectivity index (χ0) is 15.7. The maximum Gasteiger partial charge on any atom is 0.411 e. The molecule has 5 nitrogen and oxygen atoms in total. The first-order valence-electron chi connectivity index (χ1n) is 7.27. The number of unbranched alkanes of at least 4 members (excludes halogenated alkanes) is 1. The van der Waals surface area contributed by atoms with Crippen molar-refractivity contribution in [3.05, 3.63) is 0 Å². The maximum atomic E-state index is 11.9. The van der Waals surface area contributed by atoms with Crippen molar-refractivity contribution in [2.45, 2.75) is 25.4 Å². The summed E-state index contributed by atoms with van der Waals surface area (Å²) in [7, 11) is 0. The van der Waals surface area contributed by atoms with Gasteiger partial charge in [0.05, 0.1) is 0 Å². The van der Waals surface area contributed by atoms with Gasteiger partial charge in [0.15, 0.2) is 0 Å². The van der Waals surface area contributed by atoms with Crippen LogP contribution in [-0.4, -0.2) is 74.4 Å². The van der Waals surface area contributed by atoms with Gasteiger partial charge in [-0.05, 0) is 38.9 Å². The third kappa shape index (κ3) is 8.23. The van der Waals surface area contributed by atoms with Crippen LogP contribution < -0.4 is 5.73 Å². The molecule has 8 heteroatoms. The molecule has 0 aliphatic carbocycles. The molecule has 0 radical (unpaired) electrons. The van der Waals surface area contributed by atoms with Crippen LogP contribution in [0.1, 0.15) is 19.3 Å². The minimum atomic E-state index is -4.39. The molecule has 0 bridgehead atoms. The highest BCUT2D eigenvalue weighted by molar-refractivity contribution is 5.77. The lowest BCUT2D eigenvalue weighted by atomic mass is 10.3. The summed E-state index contributed by atoms with van der Waals surface area (Å²) in [5, 5.41) is 0. The van der Waals surface area contributed by atoms with Crippen molar-refractivity contribution < 1.29 is 22.7 Å². The number of hydrogen-bond acceptors (Lipinski definition) is 4. The predicted molar refractivity (Wildman–Crippen MR) is 72.8 cm³/mol. The summed E-state index contributed by atoms with van der Waals surface area (Å²) in [4.78, 5) is 15.6. The first-order chi connectivity index (χ1) is 9.92. The summed E-state index contributed by atoms with van der Waals surface area (Å²) < 4.78 is 40.3. The van der Waals surface area contributed by atoms with Gasteiger partial charge in [-0.3, -0.25) is 4.79 Å². The molecule has 1 aliphatic rings. The summed E-state index contributed by atoms with van der Waals surface area (Å²) in [5.74, 6) is -0.372. The van der Waals surface area contributed by atoms with Crippen molar-refractivity contribution >= 4 is 5.91 Å². The highest BCUT2D eigenvalue weighted by Crippen LogP contribution is 2.14. The van der Waals surface area contributed by atoms with Gasteiger partial charge in [0, 0.05) is 19.6 Å². The molecule has 21 heavy (non-hydrogen) atoms. The Bertz CT molecular complexity index is 314. The average Bonchev–Trinajstić information content (AvgIpc) is 2.63. The second-order valence-corrected chi connectivity index (χ2v) is 5.18.